The van der Waals surface area contributed by atoms with Crippen molar-refractivity contribution >= 4 is 35.1 Å². The number of carbonyl (C=O) groups is 2. The second-order valence-corrected chi connectivity index (χ2v) is 6.70. The molecule has 1 aliphatic rings. The minimum Gasteiger partial charge on any atom is -0.326 e. The predicted octanol–water partition coefficient (Wildman–Crippen LogP) is 3.43. The lowest BCUT2D eigenvalue weighted by Gasteiger charge is -2.10. The van der Waals surface area contributed by atoms with Crippen molar-refractivity contribution in [3.05, 3.63) is 59.1 Å². The number of benzene rings is 2. The molecule has 2 N–H and O–H groups in total. The third kappa shape index (κ3) is 3.41. The van der Waals surface area contributed by atoms with Crippen LogP contribution in [0.1, 0.15) is 18.0 Å². The van der Waals surface area contributed by atoms with Crippen LogP contribution in [0.3, 0.4) is 0 Å². The number of hydrogen-bond donors (Lipinski definition) is 2. The van der Waals surface area contributed by atoms with E-state index in [4.69, 9.17) is 11.6 Å². The van der Waals surface area contributed by atoms with Gasteiger partial charge in [0.05, 0.1) is 6.42 Å². The van der Waals surface area contributed by atoms with Gasteiger partial charge in [-0.25, -0.2) is 4.68 Å². The maximum Gasteiger partial charge on any atom is 0.252 e. The minimum atomic E-state index is -0.745. The number of nitrogens with zero attached hydrogens (tertiary/aromatic N) is 3. The lowest BCUT2D eigenvalue weighted by Crippen LogP contribution is -2.23. The van der Waals surface area contributed by atoms with Crippen LogP contribution >= 0.6 is 11.6 Å². The Kier molecular flexibility index (Phi) is 4.37. The zero-order valence-corrected chi connectivity index (χ0v) is 15.2. The molecule has 1 aliphatic heterocycles. The van der Waals surface area contributed by atoms with Crippen molar-refractivity contribution in [1.29, 1.82) is 0 Å². The number of carbonyl (C=O) groups excluding carboxylic acids is 2. The number of halogens is 1. The summed E-state index contributed by atoms with van der Waals surface area (Å²) in [6.07, 6.45) is -0.0537. The van der Waals surface area contributed by atoms with Gasteiger partial charge < -0.3 is 5.32 Å². The SMILES string of the molecule is Cc1ccc(NC(=O)CC2C(=O)Nc3nc(-c4ccccc4)nn32)cc1Cl. The predicted molar refractivity (Wildman–Crippen MR) is 103 cm³/mol. The summed E-state index contributed by atoms with van der Waals surface area (Å²) >= 11 is 6.08. The Morgan fingerprint density at radius 3 is 2.78 bits per heavy atom. The van der Waals surface area contributed by atoms with Gasteiger partial charge in [-0.3, -0.25) is 14.9 Å². The molecule has 0 fully saturated rings. The van der Waals surface area contributed by atoms with Gasteiger partial charge in [-0.05, 0) is 24.6 Å². The summed E-state index contributed by atoms with van der Waals surface area (Å²) in [6.45, 7) is 1.88. The second-order valence-electron chi connectivity index (χ2n) is 6.29. The van der Waals surface area contributed by atoms with Crippen LogP contribution in [0.2, 0.25) is 5.02 Å². The van der Waals surface area contributed by atoms with Crippen molar-refractivity contribution in [1.82, 2.24) is 14.8 Å². The van der Waals surface area contributed by atoms with Crippen molar-refractivity contribution in [3.63, 3.8) is 0 Å². The molecule has 0 aliphatic carbocycles. The van der Waals surface area contributed by atoms with Gasteiger partial charge in [0.1, 0.15) is 6.04 Å². The smallest absolute Gasteiger partial charge is 0.252 e. The molecule has 0 radical (unpaired) electrons. The molecule has 136 valence electrons. The van der Waals surface area contributed by atoms with Crippen molar-refractivity contribution in [2.24, 2.45) is 0 Å². The number of aromatic nitrogens is 3. The normalized spacial score (nSPS) is 15.3. The lowest BCUT2D eigenvalue weighted by molar-refractivity contribution is -0.123. The van der Waals surface area contributed by atoms with Crippen LogP contribution in [0.4, 0.5) is 11.6 Å². The molecule has 1 unspecified atom stereocenters. The van der Waals surface area contributed by atoms with E-state index < -0.39 is 6.04 Å². The average Bonchev–Trinajstić information content (AvgIpc) is 3.18. The molecule has 0 spiro atoms. The van der Waals surface area contributed by atoms with E-state index in [9.17, 15) is 9.59 Å². The van der Waals surface area contributed by atoms with E-state index in [1.807, 2.05) is 43.3 Å². The number of aryl methyl sites for hydroxylation is 1. The van der Waals surface area contributed by atoms with Crippen LogP contribution in [0, 0.1) is 6.92 Å². The summed E-state index contributed by atoms with van der Waals surface area (Å²) in [5.41, 5.74) is 2.34. The third-order valence-electron chi connectivity index (χ3n) is 4.33. The first-order chi connectivity index (χ1) is 13.0. The van der Waals surface area contributed by atoms with Crippen LogP contribution in [-0.2, 0) is 9.59 Å². The quantitative estimate of drug-likeness (QED) is 0.724. The Hall–Kier alpha value is -3.19. The monoisotopic (exact) mass is 381 g/mol. The molecule has 2 amide bonds. The van der Waals surface area contributed by atoms with E-state index in [0.717, 1.165) is 11.1 Å². The van der Waals surface area contributed by atoms with Gasteiger partial charge in [-0.2, -0.15) is 4.98 Å². The van der Waals surface area contributed by atoms with E-state index in [1.165, 1.54) is 4.68 Å². The maximum absolute atomic E-state index is 12.4. The Balaban J connectivity index is 1.51. The Morgan fingerprint density at radius 1 is 1.26 bits per heavy atom. The highest BCUT2D eigenvalue weighted by Gasteiger charge is 2.35. The lowest BCUT2D eigenvalue weighted by atomic mass is 10.2. The second kappa shape index (κ2) is 6.85. The van der Waals surface area contributed by atoms with E-state index in [1.54, 1.807) is 12.1 Å². The fourth-order valence-electron chi connectivity index (χ4n) is 2.88. The van der Waals surface area contributed by atoms with Crippen molar-refractivity contribution in [2.45, 2.75) is 19.4 Å². The molecule has 7 nitrogen and oxygen atoms in total. The van der Waals surface area contributed by atoms with E-state index in [2.05, 4.69) is 20.7 Å². The first kappa shape index (κ1) is 17.2. The van der Waals surface area contributed by atoms with Crippen molar-refractivity contribution < 1.29 is 9.59 Å². The van der Waals surface area contributed by atoms with Crippen LogP contribution in [0.25, 0.3) is 11.4 Å². The summed E-state index contributed by atoms with van der Waals surface area (Å²) < 4.78 is 1.46. The van der Waals surface area contributed by atoms with Gasteiger partial charge in [0.15, 0.2) is 5.82 Å². The largest absolute Gasteiger partial charge is 0.326 e. The number of amides is 2. The summed E-state index contributed by atoms with van der Waals surface area (Å²) in [7, 11) is 0. The molecule has 0 saturated heterocycles. The molecule has 0 bridgehead atoms. The fraction of sp³-hybridized carbons (Fsp3) is 0.158. The molecule has 4 rings (SSSR count). The number of anilines is 2. The molecule has 1 atom stereocenters. The van der Waals surface area contributed by atoms with Gasteiger partial charge in [-0.15, -0.1) is 5.10 Å². The molecule has 3 aromatic rings. The molecule has 2 aromatic carbocycles. The zero-order chi connectivity index (χ0) is 19.0. The Morgan fingerprint density at radius 2 is 2.04 bits per heavy atom. The highest BCUT2D eigenvalue weighted by atomic mass is 35.5. The summed E-state index contributed by atoms with van der Waals surface area (Å²) in [5.74, 6) is 0.234. The third-order valence-corrected chi connectivity index (χ3v) is 4.74. The summed E-state index contributed by atoms with van der Waals surface area (Å²) in [6, 6.07) is 14.0. The van der Waals surface area contributed by atoms with E-state index in [0.29, 0.717) is 22.5 Å². The van der Waals surface area contributed by atoms with Crippen LogP contribution in [0.5, 0.6) is 0 Å². The zero-order valence-electron chi connectivity index (χ0n) is 14.4. The van der Waals surface area contributed by atoms with Crippen molar-refractivity contribution in [2.75, 3.05) is 10.6 Å². The number of nitrogens with one attached hydrogen (secondary N) is 2. The van der Waals surface area contributed by atoms with Crippen LogP contribution < -0.4 is 10.6 Å². The minimum absolute atomic E-state index is 0.0537. The first-order valence-corrected chi connectivity index (χ1v) is 8.78. The molecule has 1 aromatic heterocycles. The van der Waals surface area contributed by atoms with Gasteiger partial charge in [0.25, 0.3) is 5.91 Å². The van der Waals surface area contributed by atoms with Gasteiger partial charge in [0.2, 0.25) is 11.9 Å². The first-order valence-electron chi connectivity index (χ1n) is 8.40. The van der Waals surface area contributed by atoms with E-state index in [-0.39, 0.29) is 18.2 Å². The Labute approximate surface area is 160 Å². The average molecular weight is 382 g/mol. The number of fused-ring (bicyclic) bond motifs is 1. The molecule has 2 heterocycles. The molecular weight excluding hydrogens is 366 g/mol. The highest BCUT2D eigenvalue weighted by molar-refractivity contribution is 6.31. The Bertz CT molecular complexity index is 1030. The summed E-state index contributed by atoms with van der Waals surface area (Å²) in [5, 5.41) is 10.4. The molecule has 8 heteroatoms. The number of rotatable bonds is 4. The highest BCUT2D eigenvalue weighted by Crippen LogP contribution is 2.28. The van der Waals surface area contributed by atoms with E-state index >= 15 is 0 Å². The topological polar surface area (TPSA) is 88.9 Å². The van der Waals surface area contributed by atoms with Gasteiger partial charge >= 0.3 is 0 Å². The van der Waals surface area contributed by atoms with Gasteiger partial charge in [-0.1, -0.05) is 48.0 Å². The van der Waals surface area contributed by atoms with Crippen molar-refractivity contribution in [3.8, 4) is 11.4 Å². The molecule has 27 heavy (non-hydrogen) atoms. The molecule has 0 saturated carbocycles. The molecular formula is C19H16ClN5O2. The van der Waals surface area contributed by atoms with Gasteiger partial charge in [0, 0.05) is 16.3 Å². The standard InChI is InChI=1S/C19H16ClN5O2/c1-11-7-8-13(9-14(11)20)21-16(26)10-15-18(27)23-19-22-17(24-25(15)19)12-5-3-2-4-6-12/h2-9,15H,10H2,1H3,(H,21,26)(H,22,23,24,27). The number of hydrogen-bond acceptors (Lipinski definition) is 4. The van der Waals surface area contributed by atoms with Crippen LogP contribution in [-0.4, -0.2) is 26.6 Å². The summed E-state index contributed by atoms with van der Waals surface area (Å²) in [4.78, 5) is 29.0. The fourth-order valence-corrected chi connectivity index (χ4v) is 3.06. The van der Waals surface area contributed by atoms with Crippen LogP contribution in [0.15, 0.2) is 48.5 Å². The maximum atomic E-state index is 12.4.